The first-order valence-corrected chi connectivity index (χ1v) is 7.43. The van der Waals surface area contributed by atoms with Gasteiger partial charge in [0.05, 0.1) is 13.2 Å². The summed E-state index contributed by atoms with van der Waals surface area (Å²) in [5, 5.41) is 0. The Morgan fingerprint density at radius 1 is 1.65 bits per heavy atom. The van der Waals surface area contributed by atoms with E-state index in [1.54, 1.807) is 0 Å². The predicted octanol–water partition coefficient (Wildman–Crippen LogP) is -0.114. The first-order chi connectivity index (χ1) is 7.88. The zero-order valence-corrected chi connectivity index (χ0v) is 10.8. The average molecular weight is 262 g/mol. The molecule has 0 aromatic carbocycles. The molecule has 2 fully saturated rings. The van der Waals surface area contributed by atoms with E-state index in [1.165, 1.54) is 7.11 Å². The van der Waals surface area contributed by atoms with Gasteiger partial charge in [-0.25, -0.2) is 0 Å². The number of ether oxygens (including phenoxy) is 3. The van der Waals surface area contributed by atoms with Crippen LogP contribution in [-0.4, -0.2) is 63.5 Å². The van der Waals surface area contributed by atoms with Crippen molar-refractivity contribution in [2.24, 2.45) is 0 Å². The van der Waals surface area contributed by atoms with Crippen molar-refractivity contribution in [3.63, 3.8) is 0 Å². The van der Waals surface area contributed by atoms with Gasteiger partial charge in [0.2, 0.25) is 0 Å². The molecule has 0 amide bonds. The summed E-state index contributed by atoms with van der Waals surface area (Å²) in [7, 11) is 3.69. The van der Waals surface area contributed by atoms with Crippen molar-refractivity contribution in [3.8, 4) is 0 Å². The Morgan fingerprint density at radius 2 is 2.35 bits per heavy atom. The third-order valence-corrected chi connectivity index (χ3v) is 3.66. The Kier molecular flexibility index (Phi) is 3.70. The van der Waals surface area contributed by atoms with E-state index < -0.39 is 31.4 Å². The highest BCUT2D eigenvalue weighted by atomic mass is 31.2. The molecule has 17 heavy (non-hydrogen) atoms. The summed E-state index contributed by atoms with van der Waals surface area (Å²) in [6.07, 6.45) is -0.679. The summed E-state index contributed by atoms with van der Waals surface area (Å²) in [6.45, 7) is 1.86. The molecule has 1 N–H and O–H groups in total. The third kappa shape index (κ3) is 2.60. The molecule has 0 saturated carbocycles. The SMILES string of the molecule is [B][C@@H]1O[C@@]2(COC)CCOC1[C@H]2OP(C)(=O)O. The van der Waals surface area contributed by atoms with Gasteiger partial charge in [-0.1, -0.05) is 0 Å². The van der Waals surface area contributed by atoms with Gasteiger partial charge in [0.25, 0.3) is 0 Å². The first-order valence-electron chi connectivity index (χ1n) is 5.40. The number of hydrogen-bond donors (Lipinski definition) is 1. The molecule has 6 nitrogen and oxygen atoms in total. The molecule has 0 aromatic rings. The number of hydrogen-bond acceptors (Lipinski definition) is 5. The molecule has 2 bridgehead atoms. The van der Waals surface area contributed by atoms with Gasteiger partial charge in [-0.3, -0.25) is 9.09 Å². The molecule has 96 valence electrons. The molecule has 8 heteroatoms. The maximum absolute atomic E-state index is 11.4. The molecule has 2 aliphatic rings. The van der Waals surface area contributed by atoms with Crippen LogP contribution in [0.5, 0.6) is 0 Å². The Labute approximate surface area is 102 Å². The normalized spacial score (nSPS) is 44.5. The van der Waals surface area contributed by atoms with E-state index in [0.29, 0.717) is 13.0 Å². The summed E-state index contributed by atoms with van der Waals surface area (Å²) in [5.74, 6) is 0. The summed E-state index contributed by atoms with van der Waals surface area (Å²) < 4.78 is 32.8. The van der Waals surface area contributed by atoms with Crippen molar-refractivity contribution in [3.05, 3.63) is 0 Å². The van der Waals surface area contributed by atoms with Gasteiger partial charge < -0.3 is 19.1 Å². The lowest BCUT2D eigenvalue weighted by atomic mass is 9.86. The molecule has 2 rings (SSSR count). The van der Waals surface area contributed by atoms with E-state index in [9.17, 15) is 9.46 Å². The molecule has 2 saturated heterocycles. The second-order valence-corrected chi connectivity index (χ2v) is 6.31. The molecule has 0 spiro atoms. The molecular weight excluding hydrogens is 246 g/mol. The van der Waals surface area contributed by atoms with Crippen molar-refractivity contribution < 1.29 is 28.2 Å². The summed E-state index contributed by atoms with van der Waals surface area (Å²) in [5.41, 5.74) is -0.786. The smallest absolute Gasteiger partial charge is 0.325 e. The second-order valence-electron chi connectivity index (χ2n) is 4.49. The summed E-state index contributed by atoms with van der Waals surface area (Å²) in [4.78, 5) is 9.34. The van der Waals surface area contributed by atoms with Crippen molar-refractivity contribution >= 4 is 15.4 Å². The first kappa shape index (κ1) is 13.5. The minimum absolute atomic E-state index is 0.255. The van der Waals surface area contributed by atoms with Crippen LogP contribution in [0.1, 0.15) is 6.42 Å². The zero-order chi connectivity index (χ0) is 12.7. The minimum atomic E-state index is -3.63. The fourth-order valence-electron chi connectivity index (χ4n) is 2.43. The molecule has 5 atom stereocenters. The number of fused-ring (bicyclic) bond motifs is 2. The Hall–Kier alpha value is 0.0949. The van der Waals surface area contributed by atoms with E-state index >= 15 is 0 Å². The van der Waals surface area contributed by atoms with Gasteiger partial charge in [0, 0.05) is 26.2 Å². The van der Waals surface area contributed by atoms with Crippen LogP contribution in [0.15, 0.2) is 0 Å². The van der Waals surface area contributed by atoms with Gasteiger partial charge in [-0.15, -0.1) is 0 Å². The summed E-state index contributed by atoms with van der Waals surface area (Å²) in [6, 6.07) is -0.663. The van der Waals surface area contributed by atoms with Gasteiger partial charge in [-0.05, 0) is 0 Å². The lowest BCUT2D eigenvalue weighted by Gasteiger charge is -2.38. The quantitative estimate of drug-likeness (QED) is 0.562. The molecular formula is C9H16BO6P. The van der Waals surface area contributed by atoms with E-state index in [4.69, 9.17) is 26.6 Å². The van der Waals surface area contributed by atoms with Crippen LogP contribution in [0.25, 0.3) is 0 Å². The number of rotatable bonds is 4. The lowest BCUT2D eigenvalue weighted by Crippen LogP contribution is -2.52. The highest BCUT2D eigenvalue weighted by Crippen LogP contribution is 2.49. The lowest BCUT2D eigenvalue weighted by molar-refractivity contribution is -0.136. The maximum atomic E-state index is 11.4. The largest absolute Gasteiger partial charge is 0.382 e. The minimum Gasteiger partial charge on any atom is -0.382 e. The Bertz CT molecular complexity index is 329. The predicted molar refractivity (Wildman–Crippen MR) is 60.2 cm³/mol. The third-order valence-electron chi connectivity index (χ3n) is 3.04. The van der Waals surface area contributed by atoms with Crippen LogP contribution in [0.4, 0.5) is 0 Å². The average Bonchev–Trinajstić information content (AvgIpc) is 2.35. The molecule has 2 radical (unpaired) electrons. The van der Waals surface area contributed by atoms with E-state index in [2.05, 4.69) is 0 Å². The molecule has 0 aliphatic carbocycles. The van der Waals surface area contributed by atoms with Gasteiger partial charge >= 0.3 is 7.60 Å². The molecule has 2 unspecified atom stereocenters. The fourth-order valence-corrected chi connectivity index (χ4v) is 3.16. The van der Waals surface area contributed by atoms with Gasteiger partial charge in [-0.2, -0.15) is 0 Å². The second kappa shape index (κ2) is 4.65. The van der Waals surface area contributed by atoms with Gasteiger partial charge in [0.15, 0.2) is 0 Å². The van der Waals surface area contributed by atoms with Crippen LogP contribution >= 0.6 is 7.60 Å². The molecule has 2 heterocycles. The summed E-state index contributed by atoms with van der Waals surface area (Å²) >= 11 is 0. The van der Waals surface area contributed by atoms with Crippen LogP contribution in [0, 0.1) is 0 Å². The van der Waals surface area contributed by atoms with E-state index in [-0.39, 0.29) is 6.61 Å². The van der Waals surface area contributed by atoms with E-state index in [0.717, 1.165) is 6.66 Å². The maximum Gasteiger partial charge on any atom is 0.325 e. The van der Waals surface area contributed by atoms with Crippen LogP contribution in [-0.2, 0) is 23.3 Å². The Balaban J connectivity index is 2.24. The van der Waals surface area contributed by atoms with E-state index in [1.807, 2.05) is 0 Å². The highest BCUT2D eigenvalue weighted by molar-refractivity contribution is 7.51. The van der Waals surface area contributed by atoms with Crippen LogP contribution in [0.3, 0.4) is 0 Å². The topological polar surface area (TPSA) is 74.2 Å². The van der Waals surface area contributed by atoms with Crippen molar-refractivity contribution in [1.82, 2.24) is 0 Å². The highest BCUT2D eigenvalue weighted by Gasteiger charge is 2.58. The van der Waals surface area contributed by atoms with Gasteiger partial charge in [0.1, 0.15) is 25.7 Å². The number of methoxy groups -OCH3 is 1. The van der Waals surface area contributed by atoms with Crippen molar-refractivity contribution in [1.29, 1.82) is 0 Å². The van der Waals surface area contributed by atoms with Crippen LogP contribution in [0.2, 0.25) is 0 Å². The zero-order valence-electron chi connectivity index (χ0n) is 9.87. The Morgan fingerprint density at radius 3 is 2.94 bits per heavy atom. The van der Waals surface area contributed by atoms with Crippen LogP contribution < -0.4 is 0 Å². The molecule has 0 aromatic heterocycles. The standard InChI is InChI=1S/C9H16BO6P/c1-13-5-9-3-4-14-6(8(10)15-9)7(9)16-17(2,11)12/h6-8H,3-5H2,1-2H3,(H,11,12)/t6?,7-,8-,9-/m1/s1. The van der Waals surface area contributed by atoms with Crippen molar-refractivity contribution in [2.75, 3.05) is 27.0 Å². The monoisotopic (exact) mass is 262 g/mol. The molecule has 2 aliphatic heterocycles. The van der Waals surface area contributed by atoms with Crippen molar-refractivity contribution in [2.45, 2.75) is 30.2 Å². The fraction of sp³-hybridized carbons (Fsp3) is 1.00.